The number of piperazine rings is 1. The number of hydrogen-bond acceptors (Lipinski definition) is 3. The molecule has 2 fully saturated rings. The molecular formula is C21H27Cl2N3O2. The maximum atomic E-state index is 12.5. The standard InChI is InChI=1S/C21H27Cl2N3O2/c22-18-7-5-17(15-19(18)23)6-8-20(27)26-13-11-24(12-14-26)16-21(28)25-9-3-1-2-4-10-25/h5-8,15H,1-4,9-14,16H2/b8-6+. The summed E-state index contributed by atoms with van der Waals surface area (Å²) in [6, 6.07) is 5.28. The maximum absolute atomic E-state index is 12.5. The molecule has 0 unspecified atom stereocenters. The molecule has 1 aromatic rings. The van der Waals surface area contributed by atoms with Crippen LogP contribution in [0.25, 0.3) is 6.08 Å². The highest BCUT2D eigenvalue weighted by molar-refractivity contribution is 6.42. The molecule has 2 aliphatic heterocycles. The zero-order valence-corrected chi connectivity index (χ0v) is 17.6. The van der Waals surface area contributed by atoms with Crippen LogP contribution in [0.3, 0.4) is 0 Å². The van der Waals surface area contributed by atoms with E-state index < -0.39 is 0 Å². The third-order valence-electron chi connectivity index (χ3n) is 5.36. The summed E-state index contributed by atoms with van der Waals surface area (Å²) in [7, 11) is 0. The molecule has 28 heavy (non-hydrogen) atoms. The lowest BCUT2D eigenvalue weighted by Gasteiger charge is -2.34. The number of nitrogens with zero attached hydrogens (tertiary/aromatic N) is 3. The number of likely N-dealkylation sites (tertiary alicyclic amines) is 1. The molecule has 2 amide bonds. The molecule has 152 valence electrons. The van der Waals surface area contributed by atoms with Crippen molar-refractivity contribution in [3.05, 3.63) is 39.9 Å². The first-order valence-electron chi connectivity index (χ1n) is 9.95. The van der Waals surface area contributed by atoms with Crippen molar-refractivity contribution in [3.8, 4) is 0 Å². The van der Waals surface area contributed by atoms with E-state index in [0.29, 0.717) is 29.7 Å². The van der Waals surface area contributed by atoms with Crippen LogP contribution in [0.4, 0.5) is 0 Å². The first-order chi connectivity index (χ1) is 13.5. The second-order valence-corrected chi connectivity index (χ2v) is 8.22. The first-order valence-corrected chi connectivity index (χ1v) is 10.7. The highest BCUT2D eigenvalue weighted by Gasteiger charge is 2.23. The van der Waals surface area contributed by atoms with Gasteiger partial charge in [0, 0.05) is 45.3 Å². The Labute approximate surface area is 176 Å². The van der Waals surface area contributed by atoms with Crippen molar-refractivity contribution >= 4 is 41.1 Å². The second kappa shape index (κ2) is 10.3. The van der Waals surface area contributed by atoms with Gasteiger partial charge in [0.2, 0.25) is 11.8 Å². The van der Waals surface area contributed by atoms with Crippen LogP contribution in [0.1, 0.15) is 31.2 Å². The van der Waals surface area contributed by atoms with Crippen molar-refractivity contribution in [1.29, 1.82) is 0 Å². The Hall–Kier alpha value is -1.56. The summed E-state index contributed by atoms with van der Waals surface area (Å²) < 4.78 is 0. The van der Waals surface area contributed by atoms with Crippen molar-refractivity contribution in [2.24, 2.45) is 0 Å². The van der Waals surface area contributed by atoms with Gasteiger partial charge in [0.15, 0.2) is 0 Å². The number of carbonyl (C=O) groups excluding carboxylic acids is 2. The summed E-state index contributed by atoms with van der Waals surface area (Å²) in [5.41, 5.74) is 0.837. The molecule has 0 bridgehead atoms. The van der Waals surface area contributed by atoms with E-state index in [2.05, 4.69) is 4.90 Å². The Kier molecular flexibility index (Phi) is 7.77. The van der Waals surface area contributed by atoms with E-state index in [0.717, 1.165) is 44.6 Å². The molecule has 2 saturated heterocycles. The quantitative estimate of drug-likeness (QED) is 0.695. The molecule has 3 rings (SSSR count). The van der Waals surface area contributed by atoms with Crippen molar-refractivity contribution in [2.75, 3.05) is 45.8 Å². The van der Waals surface area contributed by atoms with Crippen LogP contribution < -0.4 is 0 Å². The molecule has 0 aromatic heterocycles. The smallest absolute Gasteiger partial charge is 0.246 e. The molecule has 2 heterocycles. The van der Waals surface area contributed by atoms with Gasteiger partial charge < -0.3 is 9.80 Å². The highest BCUT2D eigenvalue weighted by atomic mass is 35.5. The van der Waals surface area contributed by atoms with E-state index in [4.69, 9.17) is 23.2 Å². The Morgan fingerprint density at radius 1 is 0.857 bits per heavy atom. The van der Waals surface area contributed by atoms with Gasteiger partial charge in [-0.1, -0.05) is 42.1 Å². The molecule has 1 aromatic carbocycles. The fraction of sp³-hybridized carbons (Fsp3) is 0.524. The van der Waals surface area contributed by atoms with Gasteiger partial charge >= 0.3 is 0 Å². The van der Waals surface area contributed by atoms with Crippen LogP contribution in [0.5, 0.6) is 0 Å². The number of halogens is 2. The minimum atomic E-state index is -0.0235. The van der Waals surface area contributed by atoms with Crippen molar-refractivity contribution in [2.45, 2.75) is 25.7 Å². The summed E-state index contributed by atoms with van der Waals surface area (Å²) in [6.07, 6.45) is 7.98. The van der Waals surface area contributed by atoms with Gasteiger partial charge in [0.05, 0.1) is 16.6 Å². The van der Waals surface area contributed by atoms with Crippen LogP contribution in [-0.4, -0.2) is 72.3 Å². The lowest BCUT2D eigenvalue weighted by Crippen LogP contribution is -2.51. The zero-order chi connectivity index (χ0) is 19.9. The summed E-state index contributed by atoms with van der Waals surface area (Å²) in [4.78, 5) is 30.9. The van der Waals surface area contributed by atoms with Crippen LogP contribution >= 0.6 is 23.2 Å². The second-order valence-electron chi connectivity index (χ2n) is 7.40. The minimum absolute atomic E-state index is 0.0235. The molecule has 0 radical (unpaired) electrons. The molecule has 0 aliphatic carbocycles. The maximum Gasteiger partial charge on any atom is 0.246 e. The Balaban J connectivity index is 1.45. The minimum Gasteiger partial charge on any atom is -0.342 e. The number of amides is 2. The van der Waals surface area contributed by atoms with Gasteiger partial charge in [-0.05, 0) is 36.6 Å². The Bertz CT molecular complexity index is 722. The van der Waals surface area contributed by atoms with E-state index in [-0.39, 0.29) is 11.8 Å². The molecule has 0 spiro atoms. The largest absolute Gasteiger partial charge is 0.342 e. The van der Waals surface area contributed by atoms with Crippen molar-refractivity contribution < 1.29 is 9.59 Å². The summed E-state index contributed by atoms with van der Waals surface area (Å²) >= 11 is 11.9. The molecule has 0 atom stereocenters. The summed E-state index contributed by atoms with van der Waals surface area (Å²) in [5, 5.41) is 0.968. The molecular weight excluding hydrogens is 397 g/mol. The molecule has 0 N–H and O–H groups in total. The third-order valence-corrected chi connectivity index (χ3v) is 6.10. The molecule has 2 aliphatic rings. The summed E-state index contributed by atoms with van der Waals surface area (Å²) in [6.45, 7) is 4.96. The van der Waals surface area contributed by atoms with Crippen molar-refractivity contribution in [1.82, 2.24) is 14.7 Å². The van der Waals surface area contributed by atoms with E-state index in [1.807, 2.05) is 15.9 Å². The average Bonchev–Trinajstić information content (AvgIpc) is 2.99. The van der Waals surface area contributed by atoms with Gasteiger partial charge in [-0.15, -0.1) is 0 Å². The van der Waals surface area contributed by atoms with E-state index in [1.165, 1.54) is 12.8 Å². The molecule has 7 heteroatoms. The Morgan fingerprint density at radius 3 is 2.18 bits per heavy atom. The third kappa shape index (κ3) is 5.97. The van der Waals surface area contributed by atoms with Gasteiger partial charge in [0.1, 0.15) is 0 Å². The number of hydrogen-bond donors (Lipinski definition) is 0. The average molecular weight is 424 g/mol. The lowest BCUT2D eigenvalue weighted by molar-refractivity contribution is -0.133. The topological polar surface area (TPSA) is 43.9 Å². The van der Waals surface area contributed by atoms with Crippen molar-refractivity contribution in [3.63, 3.8) is 0 Å². The first kappa shape index (κ1) is 21.2. The molecule has 0 saturated carbocycles. The van der Waals surface area contributed by atoms with Crippen LogP contribution in [0.15, 0.2) is 24.3 Å². The SMILES string of the molecule is O=C(/C=C/c1ccc(Cl)c(Cl)c1)N1CCN(CC(=O)N2CCCCCC2)CC1. The van der Waals surface area contributed by atoms with E-state index >= 15 is 0 Å². The fourth-order valence-corrected chi connectivity index (χ4v) is 3.93. The predicted molar refractivity (Wildman–Crippen MR) is 114 cm³/mol. The van der Waals surface area contributed by atoms with Crippen LogP contribution in [-0.2, 0) is 9.59 Å². The molecule has 5 nitrogen and oxygen atoms in total. The fourth-order valence-electron chi connectivity index (χ4n) is 3.63. The Morgan fingerprint density at radius 2 is 1.54 bits per heavy atom. The van der Waals surface area contributed by atoms with Gasteiger partial charge in [-0.2, -0.15) is 0 Å². The van der Waals surface area contributed by atoms with Gasteiger partial charge in [0.25, 0.3) is 0 Å². The van der Waals surface area contributed by atoms with E-state index in [9.17, 15) is 9.59 Å². The number of carbonyl (C=O) groups is 2. The van der Waals surface area contributed by atoms with E-state index in [1.54, 1.807) is 24.3 Å². The number of rotatable bonds is 4. The van der Waals surface area contributed by atoms with Gasteiger partial charge in [-0.25, -0.2) is 0 Å². The predicted octanol–water partition coefficient (Wildman–Crippen LogP) is 3.55. The normalized spacial score (nSPS) is 19.1. The summed E-state index contributed by atoms with van der Waals surface area (Å²) in [5.74, 6) is 0.200. The zero-order valence-electron chi connectivity index (χ0n) is 16.1. The highest BCUT2D eigenvalue weighted by Crippen LogP contribution is 2.23. The van der Waals surface area contributed by atoms with Crippen LogP contribution in [0, 0.1) is 0 Å². The van der Waals surface area contributed by atoms with Crippen LogP contribution in [0.2, 0.25) is 10.0 Å². The lowest BCUT2D eigenvalue weighted by atomic mass is 10.2. The number of benzene rings is 1. The monoisotopic (exact) mass is 423 g/mol. The van der Waals surface area contributed by atoms with Gasteiger partial charge in [-0.3, -0.25) is 14.5 Å².